The molecule has 5 aromatic rings. The Morgan fingerprint density at radius 1 is 1.05 bits per heavy atom. The number of carbonyl (C=O) groups excluding carboxylic acids is 2. The number of phenolic OH excluding ortho intramolecular Hbond substituents is 1. The van der Waals surface area contributed by atoms with E-state index in [1.54, 1.807) is 16.5 Å². The lowest BCUT2D eigenvalue weighted by Crippen LogP contribution is -2.51. The fraction of sp³-hybridized carbons (Fsp3) is 0.306. The van der Waals surface area contributed by atoms with Crippen molar-refractivity contribution in [3.8, 4) is 17.1 Å². The summed E-state index contributed by atoms with van der Waals surface area (Å²) in [7, 11) is 1.55. The van der Waals surface area contributed by atoms with Gasteiger partial charge in [0.15, 0.2) is 5.82 Å². The number of halogens is 4. The number of carbonyl (C=O) groups is 2. The second-order valence-corrected chi connectivity index (χ2v) is 13.6. The molecule has 6 N–H and O–H groups in total. The molecule has 1 saturated heterocycles. The molecule has 2 aliphatic rings. The minimum Gasteiger partial charge on any atom is -0.507 e. The van der Waals surface area contributed by atoms with Gasteiger partial charge in [-0.3, -0.25) is 14.4 Å². The zero-order valence-electron chi connectivity index (χ0n) is 29.7. The number of aromatic hydroxyl groups is 1. The minimum atomic E-state index is -4.63. The molecule has 0 atom stereocenters. The van der Waals surface area contributed by atoms with E-state index in [0.29, 0.717) is 30.2 Å². The molecular weight excluding hydrogens is 745 g/mol. The molecular formula is C36H36ClF3N10O5. The lowest BCUT2D eigenvalue weighted by atomic mass is 10.1. The van der Waals surface area contributed by atoms with Crippen molar-refractivity contribution in [2.24, 2.45) is 5.84 Å². The van der Waals surface area contributed by atoms with E-state index in [4.69, 9.17) is 32.9 Å². The first-order valence-electron chi connectivity index (χ1n) is 17.2. The van der Waals surface area contributed by atoms with Crippen LogP contribution < -0.4 is 32.4 Å². The van der Waals surface area contributed by atoms with Crippen molar-refractivity contribution in [3.63, 3.8) is 0 Å². The van der Waals surface area contributed by atoms with Crippen molar-refractivity contribution in [1.82, 2.24) is 24.1 Å². The Morgan fingerprint density at radius 3 is 2.45 bits per heavy atom. The number of amides is 2. The molecule has 7 rings (SSSR count). The third-order valence-electron chi connectivity index (χ3n) is 9.65. The van der Waals surface area contributed by atoms with Gasteiger partial charge >= 0.3 is 6.18 Å². The molecule has 3 aromatic carbocycles. The molecule has 19 heteroatoms. The van der Waals surface area contributed by atoms with Crippen LogP contribution >= 0.6 is 11.6 Å². The third-order valence-corrected chi connectivity index (χ3v) is 9.96. The fourth-order valence-corrected chi connectivity index (χ4v) is 7.09. The number of hydrazine groups is 1. The molecule has 0 saturated carbocycles. The van der Waals surface area contributed by atoms with Crippen LogP contribution in [-0.4, -0.2) is 74.2 Å². The SMILES string of the molecule is CCc1c(N2CCN(C(=O)c3cc(N)c(N(C)N)cc3O)CC2)c(=O)n2nc(-c3ccc4c(c3)COC4)nc2n1CC(=O)Nc1ccc(C(F)(F)F)cc1Cl. The number of ether oxygens (including phenoxy) is 1. The molecule has 4 heterocycles. The van der Waals surface area contributed by atoms with Gasteiger partial charge in [-0.25, -0.2) is 5.84 Å². The number of fused-ring (bicyclic) bond motifs is 2. The van der Waals surface area contributed by atoms with E-state index < -0.39 is 35.7 Å². The number of nitrogens with two attached hydrogens (primary N) is 2. The van der Waals surface area contributed by atoms with Crippen LogP contribution in [0.2, 0.25) is 5.02 Å². The lowest BCUT2D eigenvalue weighted by molar-refractivity contribution is -0.137. The van der Waals surface area contributed by atoms with Gasteiger partial charge in [0.25, 0.3) is 11.5 Å². The number of phenols is 1. The standard InChI is InChI=1S/C36H36ClF3N10O5/c1-3-27-31(47-8-10-48(11-9-47)33(53)23-14-25(41)28(46(2)42)15-29(23)51)34(54)50-35(44-32(45-50)19-4-5-20-17-55-18-21(20)12-19)49(27)16-30(52)43-26-7-6-22(13-24(26)37)36(38,39)40/h4-7,12-15,51H,3,8-11,16-18,41-42H2,1-2H3,(H,43,52). The van der Waals surface area contributed by atoms with Crippen LogP contribution in [0, 0.1) is 0 Å². The lowest BCUT2D eigenvalue weighted by Gasteiger charge is -2.37. The second kappa shape index (κ2) is 14.4. The van der Waals surface area contributed by atoms with Gasteiger partial charge in [0.05, 0.1) is 52.1 Å². The molecule has 1 fully saturated rings. The van der Waals surface area contributed by atoms with Gasteiger partial charge in [0.1, 0.15) is 18.0 Å². The first-order valence-corrected chi connectivity index (χ1v) is 17.6. The summed E-state index contributed by atoms with van der Waals surface area (Å²) in [6, 6.07) is 10.9. The summed E-state index contributed by atoms with van der Waals surface area (Å²) in [6.45, 7) is 3.06. The number of hydrogen-bond donors (Lipinski definition) is 4. The number of rotatable bonds is 8. The van der Waals surface area contributed by atoms with Crippen molar-refractivity contribution in [2.45, 2.75) is 39.3 Å². The van der Waals surface area contributed by atoms with E-state index in [2.05, 4.69) is 10.4 Å². The Bertz CT molecular complexity index is 2410. The number of aromatic nitrogens is 4. The third kappa shape index (κ3) is 7.10. The maximum absolute atomic E-state index is 14.4. The normalized spacial score (nSPS) is 14.4. The van der Waals surface area contributed by atoms with Gasteiger partial charge in [-0.1, -0.05) is 30.7 Å². The summed E-state index contributed by atoms with van der Waals surface area (Å²) in [4.78, 5) is 49.6. The van der Waals surface area contributed by atoms with Gasteiger partial charge in [-0.15, -0.1) is 5.10 Å². The van der Waals surface area contributed by atoms with Crippen LogP contribution in [0.1, 0.15) is 39.7 Å². The van der Waals surface area contributed by atoms with Gasteiger partial charge in [-0.05, 0) is 47.9 Å². The van der Waals surface area contributed by atoms with E-state index in [1.165, 1.54) is 22.0 Å². The molecule has 2 amide bonds. The predicted molar refractivity (Wildman–Crippen MR) is 199 cm³/mol. The highest BCUT2D eigenvalue weighted by Crippen LogP contribution is 2.35. The summed E-state index contributed by atoms with van der Waals surface area (Å²) in [5.74, 6) is 4.68. The van der Waals surface area contributed by atoms with Crippen LogP contribution in [0.3, 0.4) is 0 Å². The Kier molecular flexibility index (Phi) is 9.82. The second-order valence-electron chi connectivity index (χ2n) is 13.2. The quantitative estimate of drug-likeness (QED) is 0.0771. The zero-order chi connectivity index (χ0) is 39.3. The van der Waals surface area contributed by atoms with E-state index in [0.717, 1.165) is 33.8 Å². The Morgan fingerprint density at radius 2 is 1.78 bits per heavy atom. The molecule has 0 unspecified atom stereocenters. The largest absolute Gasteiger partial charge is 0.507 e. The molecule has 55 heavy (non-hydrogen) atoms. The monoisotopic (exact) mass is 780 g/mol. The highest BCUT2D eigenvalue weighted by Gasteiger charge is 2.32. The number of anilines is 4. The molecule has 0 bridgehead atoms. The number of benzene rings is 3. The van der Waals surface area contributed by atoms with Gasteiger partial charge in [0, 0.05) is 44.9 Å². The summed E-state index contributed by atoms with van der Waals surface area (Å²) in [6.07, 6.45) is -4.36. The molecule has 288 valence electrons. The van der Waals surface area contributed by atoms with E-state index in [1.807, 2.05) is 25.1 Å². The van der Waals surface area contributed by atoms with E-state index >= 15 is 0 Å². The number of nitrogen functional groups attached to an aromatic ring is 1. The number of alkyl halides is 3. The minimum absolute atomic E-state index is 0.00185. The summed E-state index contributed by atoms with van der Waals surface area (Å²) in [5, 5.41) is 18.7. The van der Waals surface area contributed by atoms with Crippen molar-refractivity contribution in [2.75, 3.05) is 54.2 Å². The van der Waals surface area contributed by atoms with Crippen molar-refractivity contribution in [1.29, 1.82) is 0 Å². The maximum Gasteiger partial charge on any atom is 0.416 e. The van der Waals surface area contributed by atoms with Gasteiger partial charge in [0.2, 0.25) is 11.7 Å². The first kappa shape index (κ1) is 37.5. The fourth-order valence-electron chi connectivity index (χ4n) is 6.86. The average Bonchev–Trinajstić information content (AvgIpc) is 3.81. The molecule has 2 aromatic heterocycles. The van der Waals surface area contributed by atoms with Crippen LogP contribution in [0.25, 0.3) is 17.2 Å². The van der Waals surface area contributed by atoms with Crippen molar-refractivity contribution < 1.29 is 32.6 Å². The van der Waals surface area contributed by atoms with Crippen LogP contribution in [0.4, 0.5) is 35.9 Å². The number of nitrogens with one attached hydrogen (secondary N) is 1. The summed E-state index contributed by atoms with van der Waals surface area (Å²) < 4.78 is 48.0. The summed E-state index contributed by atoms with van der Waals surface area (Å²) >= 11 is 6.14. The zero-order valence-corrected chi connectivity index (χ0v) is 30.4. The topological polar surface area (TPSA) is 190 Å². The number of hydrogen-bond acceptors (Lipinski definition) is 11. The first-order chi connectivity index (χ1) is 26.1. The Balaban J connectivity index is 1.23. The van der Waals surface area contributed by atoms with Crippen molar-refractivity contribution in [3.05, 3.63) is 91.9 Å². The summed E-state index contributed by atoms with van der Waals surface area (Å²) in [5.41, 5.74) is 8.44. The average molecular weight is 781 g/mol. The highest BCUT2D eigenvalue weighted by molar-refractivity contribution is 6.33. The molecule has 0 radical (unpaired) electrons. The van der Waals surface area contributed by atoms with Gasteiger partial charge < -0.3 is 40.3 Å². The highest BCUT2D eigenvalue weighted by atomic mass is 35.5. The smallest absolute Gasteiger partial charge is 0.416 e. The van der Waals surface area contributed by atoms with Crippen LogP contribution in [0.15, 0.2) is 53.3 Å². The molecule has 0 spiro atoms. The number of nitrogens with zero attached hydrogens (tertiary/aromatic N) is 7. The number of piperazine rings is 1. The van der Waals surface area contributed by atoms with E-state index in [-0.39, 0.29) is 77.6 Å². The van der Waals surface area contributed by atoms with Gasteiger partial charge in [-0.2, -0.15) is 22.7 Å². The van der Waals surface area contributed by atoms with E-state index in [9.17, 15) is 32.7 Å². The molecule has 15 nitrogen and oxygen atoms in total. The Labute approximate surface area is 316 Å². The molecule has 0 aliphatic carbocycles. The van der Waals surface area contributed by atoms with Crippen LogP contribution in [0.5, 0.6) is 5.75 Å². The Hall–Kier alpha value is -5.85. The van der Waals surface area contributed by atoms with Crippen molar-refractivity contribution >= 4 is 51.9 Å². The van der Waals surface area contributed by atoms with Crippen LogP contribution in [-0.2, 0) is 41.9 Å². The molecule has 2 aliphatic heterocycles. The maximum atomic E-state index is 14.4. The predicted octanol–water partition coefficient (Wildman–Crippen LogP) is 4.02.